The number of methoxy groups -OCH3 is 1. The molecule has 0 bridgehead atoms. The van der Waals surface area contributed by atoms with Crippen molar-refractivity contribution in [3.63, 3.8) is 0 Å². The molecule has 0 atom stereocenters. The van der Waals surface area contributed by atoms with Gasteiger partial charge in [0.1, 0.15) is 5.82 Å². The summed E-state index contributed by atoms with van der Waals surface area (Å²) in [5, 5.41) is 5.97. The summed E-state index contributed by atoms with van der Waals surface area (Å²) in [5.74, 6) is 0.533. The molecule has 0 spiro atoms. The molecule has 0 fully saturated rings. The molecule has 0 amide bonds. The first-order valence-corrected chi connectivity index (χ1v) is 7.09. The van der Waals surface area contributed by atoms with E-state index in [9.17, 15) is 4.79 Å². The summed E-state index contributed by atoms with van der Waals surface area (Å²) in [5.41, 5.74) is 1.81. The molecular formula is C13H16N4O2S. The van der Waals surface area contributed by atoms with Gasteiger partial charge in [-0.25, -0.2) is 15.0 Å². The summed E-state index contributed by atoms with van der Waals surface area (Å²) in [4.78, 5) is 23.8. The minimum Gasteiger partial charge on any atom is -0.469 e. The first-order valence-electron chi connectivity index (χ1n) is 6.21. The standard InChI is InChI=1S/C13H16N4O2S/c1-9-14-6-5-10(16-9)7-15-13-17-11(8-20-13)3-4-12(18)19-2/h5-6,8H,3-4,7H2,1-2H3,(H,15,17). The predicted molar refractivity (Wildman–Crippen MR) is 76.5 cm³/mol. The summed E-state index contributed by atoms with van der Waals surface area (Å²) in [6.07, 6.45) is 2.69. The van der Waals surface area contributed by atoms with Gasteiger partial charge in [0.05, 0.1) is 31.5 Å². The molecule has 106 valence electrons. The lowest BCUT2D eigenvalue weighted by Crippen LogP contribution is -2.04. The third kappa shape index (κ3) is 4.27. The SMILES string of the molecule is COC(=O)CCc1csc(NCc2ccnc(C)n2)n1. The molecule has 0 unspecified atom stereocenters. The summed E-state index contributed by atoms with van der Waals surface area (Å²) in [6, 6.07) is 1.87. The molecule has 0 aliphatic heterocycles. The number of aromatic nitrogens is 3. The van der Waals surface area contributed by atoms with E-state index < -0.39 is 0 Å². The van der Waals surface area contributed by atoms with Gasteiger partial charge in [-0.2, -0.15) is 0 Å². The number of esters is 1. The van der Waals surface area contributed by atoms with Crippen LogP contribution < -0.4 is 5.32 Å². The number of anilines is 1. The Kier molecular flexibility index (Phi) is 5.00. The van der Waals surface area contributed by atoms with Gasteiger partial charge in [0.25, 0.3) is 0 Å². The van der Waals surface area contributed by atoms with Crippen LogP contribution in [0, 0.1) is 6.92 Å². The zero-order chi connectivity index (χ0) is 14.4. The highest BCUT2D eigenvalue weighted by Gasteiger charge is 2.06. The molecule has 1 N–H and O–H groups in total. The molecule has 0 saturated heterocycles. The number of aryl methyl sites for hydroxylation is 2. The van der Waals surface area contributed by atoms with E-state index in [-0.39, 0.29) is 5.97 Å². The van der Waals surface area contributed by atoms with E-state index in [0.717, 1.165) is 22.3 Å². The number of nitrogens with one attached hydrogen (secondary N) is 1. The maximum atomic E-state index is 11.1. The number of ether oxygens (including phenoxy) is 1. The Hall–Kier alpha value is -2.02. The van der Waals surface area contributed by atoms with Crippen molar-refractivity contribution in [1.82, 2.24) is 15.0 Å². The zero-order valence-corrected chi connectivity index (χ0v) is 12.2. The monoisotopic (exact) mass is 292 g/mol. The van der Waals surface area contributed by atoms with Crippen LogP contribution in [0.3, 0.4) is 0 Å². The molecule has 2 aromatic rings. The van der Waals surface area contributed by atoms with E-state index in [1.165, 1.54) is 18.4 Å². The molecule has 0 aromatic carbocycles. The van der Waals surface area contributed by atoms with Crippen LogP contribution in [0.4, 0.5) is 5.13 Å². The normalized spacial score (nSPS) is 10.3. The average molecular weight is 292 g/mol. The Labute approximate surface area is 121 Å². The van der Waals surface area contributed by atoms with Crippen LogP contribution in [0.15, 0.2) is 17.6 Å². The molecule has 0 radical (unpaired) electrons. The smallest absolute Gasteiger partial charge is 0.305 e. The van der Waals surface area contributed by atoms with E-state index in [0.29, 0.717) is 19.4 Å². The fourth-order valence-corrected chi connectivity index (χ4v) is 2.35. The van der Waals surface area contributed by atoms with Crippen LogP contribution in [0.5, 0.6) is 0 Å². The van der Waals surface area contributed by atoms with Crippen molar-refractivity contribution >= 4 is 22.4 Å². The van der Waals surface area contributed by atoms with Crippen LogP contribution in [0.25, 0.3) is 0 Å². The minimum atomic E-state index is -0.219. The molecule has 20 heavy (non-hydrogen) atoms. The fourth-order valence-electron chi connectivity index (χ4n) is 1.60. The Bertz CT molecular complexity index is 585. The van der Waals surface area contributed by atoms with Crippen LogP contribution in [0.2, 0.25) is 0 Å². The van der Waals surface area contributed by atoms with E-state index >= 15 is 0 Å². The highest BCUT2D eigenvalue weighted by atomic mass is 32.1. The molecule has 2 aromatic heterocycles. The number of carbonyl (C=O) groups excluding carboxylic acids is 1. The van der Waals surface area contributed by atoms with Gasteiger partial charge in [-0.1, -0.05) is 0 Å². The predicted octanol–water partition coefficient (Wildman–Crippen LogP) is 1.96. The van der Waals surface area contributed by atoms with E-state index in [4.69, 9.17) is 0 Å². The number of hydrogen-bond acceptors (Lipinski definition) is 7. The van der Waals surface area contributed by atoms with Gasteiger partial charge < -0.3 is 10.1 Å². The third-order valence-electron chi connectivity index (χ3n) is 2.62. The maximum absolute atomic E-state index is 11.1. The van der Waals surface area contributed by atoms with Gasteiger partial charge >= 0.3 is 5.97 Å². The lowest BCUT2D eigenvalue weighted by atomic mass is 10.2. The van der Waals surface area contributed by atoms with Crippen LogP contribution >= 0.6 is 11.3 Å². The topological polar surface area (TPSA) is 77.0 Å². The Morgan fingerprint density at radius 3 is 3.00 bits per heavy atom. The van der Waals surface area contributed by atoms with Crippen molar-refractivity contribution in [2.75, 3.05) is 12.4 Å². The number of nitrogens with zero attached hydrogens (tertiary/aromatic N) is 3. The molecular weight excluding hydrogens is 276 g/mol. The van der Waals surface area contributed by atoms with Crippen molar-refractivity contribution in [3.8, 4) is 0 Å². The minimum absolute atomic E-state index is 0.219. The van der Waals surface area contributed by atoms with E-state index in [1.807, 2.05) is 18.4 Å². The Morgan fingerprint density at radius 2 is 2.25 bits per heavy atom. The molecule has 2 heterocycles. The summed E-state index contributed by atoms with van der Waals surface area (Å²) in [6.45, 7) is 2.46. The molecule has 2 rings (SSSR count). The van der Waals surface area contributed by atoms with Crippen LogP contribution in [0.1, 0.15) is 23.6 Å². The van der Waals surface area contributed by atoms with Gasteiger partial charge in [-0.3, -0.25) is 4.79 Å². The van der Waals surface area contributed by atoms with Gasteiger partial charge in [-0.15, -0.1) is 11.3 Å². The van der Waals surface area contributed by atoms with Gasteiger partial charge in [-0.05, 0) is 13.0 Å². The molecule has 0 aliphatic rings. The van der Waals surface area contributed by atoms with Gasteiger partial charge in [0, 0.05) is 18.0 Å². The third-order valence-corrected chi connectivity index (χ3v) is 3.47. The second-order valence-electron chi connectivity index (χ2n) is 4.17. The average Bonchev–Trinajstić information content (AvgIpc) is 2.90. The highest BCUT2D eigenvalue weighted by Crippen LogP contribution is 2.17. The first-order chi connectivity index (χ1) is 9.67. The maximum Gasteiger partial charge on any atom is 0.305 e. The second kappa shape index (κ2) is 6.95. The largest absolute Gasteiger partial charge is 0.469 e. The number of hydrogen-bond donors (Lipinski definition) is 1. The highest BCUT2D eigenvalue weighted by molar-refractivity contribution is 7.13. The van der Waals surface area contributed by atoms with Crippen LogP contribution in [-0.2, 0) is 22.5 Å². The van der Waals surface area contributed by atoms with Crippen LogP contribution in [-0.4, -0.2) is 28.0 Å². The molecule has 7 heteroatoms. The Balaban J connectivity index is 1.85. The summed E-state index contributed by atoms with van der Waals surface area (Å²) in [7, 11) is 1.39. The van der Waals surface area contributed by atoms with E-state index in [1.54, 1.807) is 6.20 Å². The zero-order valence-electron chi connectivity index (χ0n) is 11.4. The van der Waals surface area contributed by atoms with Crippen molar-refractivity contribution in [1.29, 1.82) is 0 Å². The van der Waals surface area contributed by atoms with E-state index in [2.05, 4.69) is 25.0 Å². The van der Waals surface area contributed by atoms with Crippen molar-refractivity contribution in [2.24, 2.45) is 0 Å². The number of rotatable bonds is 6. The van der Waals surface area contributed by atoms with Gasteiger partial charge in [0.15, 0.2) is 5.13 Å². The molecule has 0 aliphatic carbocycles. The first kappa shape index (κ1) is 14.4. The van der Waals surface area contributed by atoms with Crippen molar-refractivity contribution in [2.45, 2.75) is 26.3 Å². The summed E-state index contributed by atoms with van der Waals surface area (Å²) < 4.78 is 4.60. The quantitative estimate of drug-likeness (QED) is 0.820. The lowest BCUT2D eigenvalue weighted by Gasteiger charge is -2.02. The molecule has 6 nitrogen and oxygen atoms in total. The number of thiazole rings is 1. The Morgan fingerprint density at radius 1 is 1.40 bits per heavy atom. The fraction of sp³-hybridized carbons (Fsp3) is 0.385. The lowest BCUT2D eigenvalue weighted by molar-refractivity contribution is -0.140. The van der Waals surface area contributed by atoms with Crippen molar-refractivity contribution in [3.05, 3.63) is 34.9 Å². The molecule has 0 saturated carbocycles. The van der Waals surface area contributed by atoms with Gasteiger partial charge in [0.2, 0.25) is 0 Å². The second-order valence-corrected chi connectivity index (χ2v) is 5.03. The number of carbonyl (C=O) groups is 1. The summed E-state index contributed by atoms with van der Waals surface area (Å²) >= 11 is 1.51. The van der Waals surface area contributed by atoms with Crippen molar-refractivity contribution < 1.29 is 9.53 Å².